The van der Waals surface area contributed by atoms with Gasteiger partial charge in [0.1, 0.15) is 10.2 Å². The molecule has 3 N–H and O–H groups in total. The molecule has 0 radical (unpaired) electrons. The summed E-state index contributed by atoms with van der Waals surface area (Å²) >= 11 is 3.47. The number of nitrogens with two attached hydrogens (primary N) is 1. The Labute approximate surface area is 91.2 Å². The summed E-state index contributed by atoms with van der Waals surface area (Å²) in [5.41, 5.74) is 6.53. The maximum absolute atomic E-state index is 10.2. The number of aliphatic hydroxyl groups is 1. The molecule has 1 unspecified atom stereocenters. The Morgan fingerprint density at radius 3 is 3.07 bits per heavy atom. The lowest BCUT2D eigenvalue weighted by Crippen LogP contribution is -2.38. The summed E-state index contributed by atoms with van der Waals surface area (Å²) < 4.78 is 2.70. The Kier molecular flexibility index (Phi) is 2.41. The van der Waals surface area contributed by atoms with Crippen molar-refractivity contribution in [1.82, 2.24) is 9.78 Å². The number of fused-ring (bicyclic) bond motifs is 1. The molecule has 0 aromatic carbocycles. The Morgan fingerprint density at radius 1 is 1.71 bits per heavy atom. The largest absolute Gasteiger partial charge is 0.382 e. The van der Waals surface area contributed by atoms with Crippen molar-refractivity contribution in [2.45, 2.75) is 24.9 Å². The van der Waals surface area contributed by atoms with Gasteiger partial charge in [-0.2, -0.15) is 5.10 Å². The van der Waals surface area contributed by atoms with Gasteiger partial charge in [-0.05, 0) is 35.2 Å². The van der Waals surface area contributed by atoms with Gasteiger partial charge in [0.25, 0.3) is 0 Å². The summed E-state index contributed by atoms with van der Waals surface area (Å²) in [5.74, 6) is 0. The number of rotatable bonds is 1. The van der Waals surface area contributed by atoms with Crippen LogP contribution in [0.25, 0.3) is 0 Å². The molecule has 14 heavy (non-hydrogen) atoms. The van der Waals surface area contributed by atoms with Crippen molar-refractivity contribution in [2.24, 2.45) is 12.8 Å². The summed E-state index contributed by atoms with van der Waals surface area (Å²) in [6, 6.07) is 0. The molecule has 1 atom stereocenters. The zero-order valence-corrected chi connectivity index (χ0v) is 9.71. The lowest BCUT2D eigenvalue weighted by molar-refractivity contribution is 0.0232. The predicted molar refractivity (Wildman–Crippen MR) is 56.8 cm³/mol. The number of halogens is 1. The Hall–Kier alpha value is -0.390. The van der Waals surface area contributed by atoms with Gasteiger partial charge in [-0.25, -0.2) is 0 Å². The molecule has 1 aliphatic rings. The number of hydrogen-bond acceptors (Lipinski definition) is 3. The van der Waals surface area contributed by atoms with Crippen LogP contribution in [0, 0.1) is 0 Å². The van der Waals surface area contributed by atoms with E-state index in [1.165, 1.54) is 0 Å². The minimum Gasteiger partial charge on any atom is -0.382 e. The van der Waals surface area contributed by atoms with Crippen LogP contribution in [0.4, 0.5) is 0 Å². The lowest BCUT2D eigenvalue weighted by Gasteiger charge is -2.29. The van der Waals surface area contributed by atoms with Crippen LogP contribution in [0.15, 0.2) is 4.60 Å². The topological polar surface area (TPSA) is 64.1 Å². The molecule has 0 saturated carbocycles. The fourth-order valence-electron chi connectivity index (χ4n) is 2.02. The first-order valence-corrected chi connectivity index (χ1v) is 5.52. The summed E-state index contributed by atoms with van der Waals surface area (Å²) in [6.07, 6.45) is 2.64. The third kappa shape index (κ3) is 1.31. The monoisotopic (exact) mass is 259 g/mol. The van der Waals surface area contributed by atoms with Crippen LogP contribution >= 0.6 is 15.9 Å². The van der Waals surface area contributed by atoms with E-state index in [1.807, 2.05) is 7.05 Å². The number of nitrogens with zero attached hydrogens (tertiary/aromatic N) is 2. The molecule has 0 fully saturated rings. The van der Waals surface area contributed by atoms with Gasteiger partial charge in [-0.15, -0.1) is 0 Å². The SMILES string of the molecule is Cn1nc2c(c1Br)CCCC2(O)CN. The van der Waals surface area contributed by atoms with Gasteiger partial charge in [-0.1, -0.05) is 0 Å². The van der Waals surface area contributed by atoms with E-state index in [0.29, 0.717) is 6.42 Å². The van der Waals surface area contributed by atoms with E-state index in [9.17, 15) is 5.11 Å². The third-order valence-corrected chi connectivity index (χ3v) is 3.86. The standard InChI is InChI=1S/C9H14BrN3O/c1-13-8(10)6-3-2-4-9(14,5-11)7(6)12-13/h14H,2-5,11H2,1H3. The molecule has 0 aliphatic heterocycles. The first-order valence-electron chi connectivity index (χ1n) is 4.73. The minimum atomic E-state index is -0.919. The molecule has 0 bridgehead atoms. The lowest BCUT2D eigenvalue weighted by atomic mass is 9.84. The van der Waals surface area contributed by atoms with Crippen LogP contribution in [-0.2, 0) is 19.1 Å². The van der Waals surface area contributed by atoms with Crippen LogP contribution < -0.4 is 5.73 Å². The molecule has 5 heteroatoms. The van der Waals surface area contributed by atoms with E-state index in [4.69, 9.17) is 5.73 Å². The highest BCUT2D eigenvalue weighted by molar-refractivity contribution is 9.10. The zero-order valence-electron chi connectivity index (χ0n) is 8.13. The second kappa shape index (κ2) is 3.32. The molecule has 0 spiro atoms. The predicted octanol–water partition coefficient (Wildman–Crippen LogP) is 0.665. The van der Waals surface area contributed by atoms with Gasteiger partial charge < -0.3 is 10.8 Å². The summed E-state index contributed by atoms with van der Waals surface area (Å²) in [6.45, 7) is 0.240. The van der Waals surface area contributed by atoms with Gasteiger partial charge in [0, 0.05) is 19.2 Å². The van der Waals surface area contributed by atoms with E-state index in [0.717, 1.165) is 28.7 Å². The molecular formula is C9H14BrN3O. The van der Waals surface area contributed by atoms with Crippen LogP contribution in [0.3, 0.4) is 0 Å². The summed E-state index contributed by atoms with van der Waals surface area (Å²) in [4.78, 5) is 0. The van der Waals surface area contributed by atoms with E-state index < -0.39 is 5.60 Å². The third-order valence-electron chi connectivity index (χ3n) is 2.86. The Morgan fingerprint density at radius 2 is 2.43 bits per heavy atom. The molecule has 0 amide bonds. The molecule has 1 aromatic heterocycles. The number of hydrogen-bond donors (Lipinski definition) is 2. The average Bonchev–Trinajstić information content (AvgIpc) is 2.47. The maximum atomic E-state index is 10.2. The van der Waals surface area contributed by atoms with Gasteiger partial charge in [0.05, 0.1) is 5.69 Å². The van der Waals surface area contributed by atoms with Crippen molar-refractivity contribution in [1.29, 1.82) is 0 Å². The van der Waals surface area contributed by atoms with E-state index >= 15 is 0 Å². The molecule has 2 rings (SSSR count). The Balaban J connectivity index is 2.55. The van der Waals surface area contributed by atoms with Crippen molar-refractivity contribution < 1.29 is 5.11 Å². The molecular weight excluding hydrogens is 246 g/mol. The molecule has 1 aromatic rings. The molecule has 4 nitrogen and oxygen atoms in total. The van der Waals surface area contributed by atoms with Crippen molar-refractivity contribution >= 4 is 15.9 Å². The van der Waals surface area contributed by atoms with Crippen molar-refractivity contribution in [3.63, 3.8) is 0 Å². The fourth-order valence-corrected chi connectivity index (χ4v) is 2.48. The molecule has 1 heterocycles. The normalized spacial score (nSPS) is 26.3. The second-order valence-electron chi connectivity index (χ2n) is 3.83. The highest BCUT2D eigenvalue weighted by atomic mass is 79.9. The van der Waals surface area contributed by atoms with Gasteiger partial charge >= 0.3 is 0 Å². The van der Waals surface area contributed by atoms with Crippen molar-refractivity contribution in [3.8, 4) is 0 Å². The fraction of sp³-hybridized carbons (Fsp3) is 0.667. The maximum Gasteiger partial charge on any atom is 0.121 e. The first kappa shape index (κ1) is 10.1. The van der Waals surface area contributed by atoms with Gasteiger partial charge in [0.2, 0.25) is 0 Å². The van der Waals surface area contributed by atoms with Gasteiger partial charge in [0.15, 0.2) is 0 Å². The second-order valence-corrected chi connectivity index (χ2v) is 4.58. The number of aromatic nitrogens is 2. The first-order chi connectivity index (χ1) is 6.58. The quantitative estimate of drug-likeness (QED) is 0.779. The minimum absolute atomic E-state index is 0.240. The number of aryl methyl sites for hydroxylation is 1. The van der Waals surface area contributed by atoms with Gasteiger partial charge in [-0.3, -0.25) is 4.68 Å². The molecule has 0 saturated heterocycles. The zero-order chi connectivity index (χ0) is 10.3. The highest BCUT2D eigenvalue weighted by Crippen LogP contribution is 2.36. The van der Waals surface area contributed by atoms with E-state index in [2.05, 4.69) is 21.0 Å². The van der Waals surface area contributed by atoms with Crippen LogP contribution in [0.1, 0.15) is 24.1 Å². The molecule has 1 aliphatic carbocycles. The smallest absolute Gasteiger partial charge is 0.121 e. The van der Waals surface area contributed by atoms with Crippen LogP contribution in [-0.4, -0.2) is 21.4 Å². The van der Waals surface area contributed by atoms with Crippen molar-refractivity contribution in [2.75, 3.05) is 6.54 Å². The average molecular weight is 260 g/mol. The van der Waals surface area contributed by atoms with E-state index in [-0.39, 0.29) is 6.54 Å². The molecule has 78 valence electrons. The van der Waals surface area contributed by atoms with Crippen LogP contribution in [0.5, 0.6) is 0 Å². The highest BCUT2D eigenvalue weighted by Gasteiger charge is 2.37. The van der Waals surface area contributed by atoms with Crippen LogP contribution in [0.2, 0.25) is 0 Å². The van der Waals surface area contributed by atoms with E-state index in [1.54, 1.807) is 4.68 Å². The van der Waals surface area contributed by atoms with Crippen molar-refractivity contribution in [3.05, 3.63) is 15.9 Å². The summed E-state index contributed by atoms with van der Waals surface area (Å²) in [7, 11) is 1.86. The Bertz CT molecular complexity index is 363. The summed E-state index contributed by atoms with van der Waals surface area (Å²) in [5, 5.41) is 14.6.